The smallest absolute Gasteiger partial charge is 0.187 e. The molecule has 14 unspecified atom stereocenters. The lowest BCUT2D eigenvalue weighted by atomic mass is 9.87. The molecule has 0 radical (unpaired) electrons. The molecule has 13 heteroatoms. The van der Waals surface area contributed by atoms with Gasteiger partial charge >= 0.3 is 0 Å². The van der Waals surface area contributed by atoms with Crippen molar-refractivity contribution in [3.05, 3.63) is 0 Å². The van der Waals surface area contributed by atoms with Crippen molar-refractivity contribution < 1.29 is 49.6 Å². The number of aliphatic hydroxyl groups is 6. The quantitative estimate of drug-likeness (QED) is 0.178. The summed E-state index contributed by atoms with van der Waals surface area (Å²) in [5.41, 5.74) is 17.6. The van der Waals surface area contributed by atoms with Crippen LogP contribution in [0.15, 0.2) is 0 Å². The molecular weight excluding hydrogens is 430 g/mol. The van der Waals surface area contributed by atoms with Gasteiger partial charge in [-0.05, 0) is 19.3 Å². The second-order valence-corrected chi connectivity index (χ2v) is 8.77. The average Bonchev–Trinajstić information content (AvgIpc) is 2.78. The molecule has 13 nitrogen and oxygen atoms in total. The first kappa shape index (κ1) is 26.1. The molecule has 2 saturated heterocycles. The van der Waals surface area contributed by atoms with Gasteiger partial charge in [0.05, 0.1) is 24.4 Å². The van der Waals surface area contributed by atoms with Crippen LogP contribution in [0.2, 0.25) is 0 Å². The molecule has 0 aromatic rings. The molecule has 2 heterocycles. The van der Waals surface area contributed by atoms with Gasteiger partial charge in [0.1, 0.15) is 42.7 Å². The highest BCUT2D eigenvalue weighted by Gasteiger charge is 2.49. The van der Waals surface area contributed by atoms with Crippen LogP contribution in [0, 0.1) is 0 Å². The van der Waals surface area contributed by atoms with E-state index < -0.39 is 85.7 Å². The summed E-state index contributed by atoms with van der Waals surface area (Å²) in [4.78, 5) is 0. The summed E-state index contributed by atoms with van der Waals surface area (Å²) in [6, 6.07) is -1.63. The molecule has 1 aliphatic carbocycles. The number of hydrogen-bond donors (Lipinski definition) is 9. The number of ether oxygens (including phenoxy) is 4. The van der Waals surface area contributed by atoms with E-state index in [4.69, 9.17) is 36.1 Å². The number of nitrogens with two attached hydrogens (primary N) is 3. The Hall–Kier alpha value is -0.520. The highest BCUT2D eigenvalue weighted by Crippen LogP contribution is 2.31. The molecule has 1 saturated carbocycles. The van der Waals surface area contributed by atoms with Crippen LogP contribution in [0.25, 0.3) is 0 Å². The SMILES string of the molecule is CCC1OC(OC2C(N)CCC(OC3OC(CN)C(O)C(O)C3O)C2O)C(O)C(N)C1O. The third kappa shape index (κ3) is 5.10. The highest BCUT2D eigenvalue weighted by atomic mass is 16.7. The van der Waals surface area contributed by atoms with E-state index in [0.29, 0.717) is 19.3 Å². The van der Waals surface area contributed by atoms with E-state index in [1.54, 1.807) is 6.92 Å². The monoisotopic (exact) mass is 467 g/mol. The number of rotatable bonds is 6. The Kier molecular flexibility index (Phi) is 8.82. The molecule has 3 fully saturated rings. The van der Waals surface area contributed by atoms with Gasteiger partial charge in [-0.15, -0.1) is 0 Å². The lowest BCUT2D eigenvalue weighted by molar-refractivity contribution is -0.329. The molecule has 0 amide bonds. The Morgan fingerprint density at radius 3 is 2.00 bits per heavy atom. The number of hydrogen-bond acceptors (Lipinski definition) is 13. The van der Waals surface area contributed by atoms with Gasteiger partial charge in [-0.2, -0.15) is 0 Å². The Morgan fingerprint density at radius 1 is 0.750 bits per heavy atom. The van der Waals surface area contributed by atoms with Gasteiger partial charge < -0.3 is 66.8 Å². The molecular formula is C19H37N3O10. The second-order valence-electron chi connectivity index (χ2n) is 8.77. The fraction of sp³-hybridized carbons (Fsp3) is 1.00. The van der Waals surface area contributed by atoms with E-state index in [9.17, 15) is 30.6 Å². The van der Waals surface area contributed by atoms with E-state index >= 15 is 0 Å². The zero-order chi connectivity index (χ0) is 23.7. The third-order valence-corrected chi connectivity index (χ3v) is 6.58. The summed E-state index contributed by atoms with van der Waals surface area (Å²) in [5, 5.41) is 61.6. The predicted molar refractivity (Wildman–Crippen MR) is 108 cm³/mol. The molecule has 0 bridgehead atoms. The maximum absolute atomic E-state index is 10.9. The van der Waals surface area contributed by atoms with Gasteiger partial charge in [0.25, 0.3) is 0 Å². The molecule has 0 spiro atoms. The van der Waals surface area contributed by atoms with Gasteiger partial charge in [0.2, 0.25) is 0 Å². The molecule has 3 aliphatic rings. The zero-order valence-corrected chi connectivity index (χ0v) is 18.0. The van der Waals surface area contributed by atoms with E-state index in [1.165, 1.54) is 0 Å². The van der Waals surface area contributed by atoms with Crippen molar-refractivity contribution in [1.29, 1.82) is 0 Å². The summed E-state index contributed by atoms with van der Waals surface area (Å²) >= 11 is 0. The second kappa shape index (κ2) is 10.8. The fourth-order valence-electron chi connectivity index (χ4n) is 4.45. The van der Waals surface area contributed by atoms with Gasteiger partial charge in [0.15, 0.2) is 12.6 Å². The van der Waals surface area contributed by atoms with Crippen molar-refractivity contribution >= 4 is 0 Å². The predicted octanol–water partition coefficient (Wildman–Crippen LogP) is -4.81. The number of aliphatic hydroxyl groups excluding tert-OH is 6. The molecule has 32 heavy (non-hydrogen) atoms. The van der Waals surface area contributed by atoms with Gasteiger partial charge in [-0.3, -0.25) is 0 Å². The lowest BCUT2D eigenvalue weighted by Crippen LogP contribution is -2.65. The van der Waals surface area contributed by atoms with Crippen molar-refractivity contribution in [2.24, 2.45) is 17.2 Å². The summed E-state index contributed by atoms with van der Waals surface area (Å²) in [6.45, 7) is 1.67. The van der Waals surface area contributed by atoms with E-state index in [0.717, 1.165) is 0 Å². The summed E-state index contributed by atoms with van der Waals surface area (Å²) in [7, 11) is 0. The molecule has 188 valence electrons. The standard InChI is InChI=1S/C19H37N3O10/c1-2-7-11(23)10(22)14(26)18(29-7)32-17-6(21)3-4-8(13(17)25)30-19-16(28)15(27)12(24)9(5-20)31-19/h6-19,23-28H,2-5,20-22H2,1H3. The van der Waals surface area contributed by atoms with E-state index in [-0.39, 0.29) is 6.54 Å². The molecule has 14 atom stereocenters. The fourth-order valence-corrected chi connectivity index (χ4v) is 4.45. The van der Waals surface area contributed by atoms with Crippen LogP contribution in [-0.4, -0.2) is 123 Å². The molecule has 12 N–H and O–H groups in total. The normalized spacial score (nSPS) is 52.7. The van der Waals surface area contributed by atoms with Crippen molar-refractivity contribution in [3.8, 4) is 0 Å². The Labute approximate surface area is 186 Å². The van der Waals surface area contributed by atoms with Gasteiger partial charge in [-0.25, -0.2) is 0 Å². The minimum absolute atomic E-state index is 0.115. The minimum atomic E-state index is -1.57. The van der Waals surface area contributed by atoms with E-state index in [2.05, 4.69) is 0 Å². The van der Waals surface area contributed by atoms with Gasteiger partial charge in [0, 0.05) is 12.6 Å². The topological polar surface area (TPSA) is 236 Å². The zero-order valence-electron chi connectivity index (χ0n) is 18.0. The first-order valence-electron chi connectivity index (χ1n) is 11.0. The molecule has 0 aromatic heterocycles. The maximum atomic E-state index is 10.9. The Balaban J connectivity index is 1.67. The lowest BCUT2D eigenvalue weighted by Gasteiger charge is -2.46. The Morgan fingerprint density at radius 2 is 1.38 bits per heavy atom. The van der Waals surface area contributed by atoms with Crippen LogP contribution >= 0.6 is 0 Å². The van der Waals surface area contributed by atoms with Crippen LogP contribution < -0.4 is 17.2 Å². The highest BCUT2D eigenvalue weighted by molar-refractivity contribution is 4.97. The van der Waals surface area contributed by atoms with Crippen molar-refractivity contribution in [1.82, 2.24) is 0 Å². The van der Waals surface area contributed by atoms with Crippen LogP contribution in [-0.2, 0) is 18.9 Å². The van der Waals surface area contributed by atoms with Crippen LogP contribution in [0.3, 0.4) is 0 Å². The van der Waals surface area contributed by atoms with Crippen molar-refractivity contribution in [2.75, 3.05) is 6.54 Å². The van der Waals surface area contributed by atoms with E-state index in [1.807, 2.05) is 0 Å². The minimum Gasteiger partial charge on any atom is -0.389 e. The van der Waals surface area contributed by atoms with Crippen LogP contribution in [0.5, 0.6) is 0 Å². The summed E-state index contributed by atoms with van der Waals surface area (Å²) in [5.74, 6) is 0. The first-order valence-corrected chi connectivity index (χ1v) is 11.0. The average molecular weight is 468 g/mol. The van der Waals surface area contributed by atoms with Crippen molar-refractivity contribution in [2.45, 2.75) is 112 Å². The summed E-state index contributed by atoms with van der Waals surface area (Å²) in [6.07, 6.45) is -13.2. The maximum Gasteiger partial charge on any atom is 0.187 e. The van der Waals surface area contributed by atoms with Crippen molar-refractivity contribution in [3.63, 3.8) is 0 Å². The third-order valence-electron chi connectivity index (χ3n) is 6.58. The molecule has 2 aliphatic heterocycles. The molecule has 0 aromatic carbocycles. The first-order chi connectivity index (χ1) is 15.1. The Bertz CT molecular complexity index is 602. The summed E-state index contributed by atoms with van der Waals surface area (Å²) < 4.78 is 22.6. The van der Waals surface area contributed by atoms with Gasteiger partial charge in [-0.1, -0.05) is 6.92 Å². The largest absolute Gasteiger partial charge is 0.389 e. The molecule has 3 rings (SSSR count). The van der Waals surface area contributed by atoms with Crippen LogP contribution in [0.1, 0.15) is 26.2 Å². The van der Waals surface area contributed by atoms with Crippen LogP contribution in [0.4, 0.5) is 0 Å².